The van der Waals surface area contributed by atoms with Gasteiger partial charge in [-0.3, -0.25) is 9.59 Å². The zero-order valence-electron chi connectivity index (χ0n) is 16.6. The van der Waals surface area contributed by atoms with Crippen molar-refractivity contribution in [3.05, 3.63) is 71.8 Å². The van der Waals surface area contributed by atoms with E-state index in [4.69, 9.17) is 5.73 Å². The maximum absolute atomic E-state index is 13.0. The maximum atomic E-state index is 13.0. The average molecular weight is 416 g/mol. The highest BCUT2D eigenvalue weighted by molar-refractivity contribution is 5.85. The summed E-state index contributed by atoms with van der Waals surface area (Å²) in [5.74, 6) is -0.122. The summed E-state index contributed by atoms with van der Waals surface area (Å²) in [6, 6.07) is 19.6. The fraction of sp³-hybridized carbons (Fsp3) is 0.391. The number of nitrogens with zero attached hydrogens (tertiary/aromatic N) is 1. The normalized spacial score (nSPS) is 18.8. The second-order valence-corrected chi connectivity index (χ2v) is 7.29. The van der Waals surface area contributed by atoms with Gasteiger partial charge in [0.1, 0.15) is 0 Å². The van der Waals surface area contributed by atoms with Crippen LogP contribution in [0.3, 0.4) is 0 Å². The molecule has 0 spiro atoms. The van der Waals surface area contributed by atoms with Gasteiger partial charge in [-0.1, -0.05) is 60.7 Å². The number of halogens is 1. The van der Waals surface area contributed by atoms with Crippen molar-refractivity contribution in [1.29, 1.82) is 0 Å². The van der Waals surface area contributed by atoms with Gasteiger partial charge in [-0.2, -0.15) is 0 Å². The molecule has 5 nitrogen and oxygen atoms in total. The first kappa shape index (κ1) is 22.9. The number of amides is 2. The number of hydrogen-bond acceptors (Lipinski definition) is 3. The summed E-state index contributed by atoms with van der Waals surface area (Å²) in [4.78, 5) is 27.7. The number of rotatable bonds is 8. The molecule has 1 fully saturated rings. The molecule has 3 N–H and O–H groups in total. The van der Waals surface area contributed by atoms with Crippen LogP contribution in [0.25, 0.3) is 0 Å². The molecule has 2 unspecified atom stereocenters. The molecule has 0 aromatic heterocycles. The van der Waals surface area contributed by atoms with E-state index in [0.29, 0.717) is 32.5 Å². The first-order valence-electron chi connectivity index (χ1n) is 10.1. The molecule has 0 saturated carbocycles. The molecule has 1 aliphatic heterocycles. The van der Waals surface area contributed by atoms with E-state index in [9.17, 15) is 9.59 Å². The van der Waals surface area contributed by atoms with Gasteiger partial charge in [0.2, 0.25) is 11.8 Å². The lowest BCUT2D eigenvalue weighted by Gasteiger charge is -2.41. The van der Waals surface area contributed by atoms with E-state index < -0.39 is 0 Å². The topological polar surface area (TPSA) is 75.4 Å². The van der Waals surface area contributed by atoms with Gasteiger partial charge >= 0.3 is 0 Å². The Labute approximate surface area is 179 Å². The SMILES string of the molecule is Cl.NCCCCNC(=O)C1CCC(=O)N(Cc2ccccc2)C1c1ccccc1. The van der Waals surface area contributed by atoms with Crippen molar-refractivity contribution in [1.82, 2.24) is 10.2 Å². The van der Waals surface area contributed by atoms with Gasteiger partial charge < -0.3 is 16.0 Å². The van der Waals surface area contributed by atoms with Crippen LogP contribution in [-0.4, -0.2) is 29.8 Å². The van der Waals surface area contributed by atoms with Gasteiger partial charge in [0, 0.05) is 19.5 Å². The summed E-state index contributed by atoms with van der Waals surface area (Å²) < 4.78 is 0. The highest BCUT2D eigenvalue weighted by atomic mass is 35.5. The molecule has 1 aliphatic rings. The van der Waals surface area contributed by atoms with Crippen LogP contribution >= 0.6 is 12.4 Å². The van der Waals surface area contributed by atoms with E-state index in [-0.39, 0.29) is 36.2 Å². The second-order valence-electron chi connectivity index (χ2n) is 7.29. The van der Waals surface area contributed by atoms with Gasteiger partial charge in [-0.25, -0.2) is 0 Å². The number of nitrogens with one attached hydrogen (secondary N) is 1. The zero-order chi connectivity index (χ0) is 19.8. The van der Waals surface area contributed by atoms with Gasteiger partial charge in [0.05, 0.1) is 12.0 Å². The Kier molecular flexibility index (Phi) is 9.16. The molecule has 2 amide bonds. The Morgan fingerprint density at radius 3 is 2.34 bits per heavy atom. The predicted octanol–water partition coefficient (Wildman–Crippen LogP) is 3.44. The van der Waals surface area contributed by atoms with Gasteiger partial charge in [0.15, 0.2) is 0 Å². The van der Waals surface area contributed by atoms with E-state index in [1.165, 1.54) is 0 Å². The molecular weight excluding hydrogens is 386 g/mol. The summed E-state index contributed by atoms with van der Waals surface area (Å²) in [5, 5.41) is 3.05. The minimum atomic E-state index is -0.253. The Bertz CT molecular complexity index is 770. The highest BCUT2D eigenvalue weighted by Crippen LogP contribution is 2.37. The fourth-order valence-corrected chi connectivity index (χ4v) is 3.87. The molecule has 3 rings (SSSR count). The molecule has 1 saturated heterocycles. The van der Waals surface area contributed by atoms with Gasteiger partial charge in [-0.15, -0.1) is 12.4 Å². The molecule has 156 valence electrons. The summed E-state index contributed by atoms with van der Waals surface area (Å²) in [5.41, 5.74) is 7.61. The third-order valence-electron chi connectivity index (χ3n) is 5.31. The minimum Gasteiger partial charge on any atom is -0.356 e. The largest absolute Gasteiger partial charge is 0.356 e. The van der Waals surface area contributed by atoms with Gasteiger partial charge in [-0.05, 0) is 36.9 Å². The van der Waals surface area contributed by atoms with Crippen molar-refractivity contribution >= 4 is 24.2 Å². The van der Waals surface area contributed by atoms with Crippen LogP contribution in [0.2, 0.25) is 0 Å². The van der Waals surface area contributed by atoms with Crippen molar-refractivity contribution in [2.45, 2.75) is 38.3 Å². The van der Waals surface area contributed by atoms with E-state index in [2.05, 4.69) is 5.32 Å². The molecule has 0 aliphatic carbocycles. The number of unbranched alkanes of at least 4 members (excludes halogenated alkanes) is 1. The predicted molar refractivity (Wildman–Crippen MR) is 117 cm³/mol. The first-order chi connectivity index (χ1) is 13.7. The van der Waals surface area contributed by atoms with E-state index in [0.717, 1.165) is 24.0 Å². The molecule has 2 aromatic rings. The van der Waals surface area contributed by atoms with Crippen LogP contribution in [0.15, 0.2) is 60.7 Å². The Balaban J connectivity index is 0.00000300. The molecule has 0 bridgehead atoms. The van der Waals surface area contributed by atoms with E-state index in [1.807, 2.05) is 65.6 Å². The number of benzene rings is 2. The van der Waals surface area contributed by atoms with Gasteiger partial charge in [0.25, 0.3) is 0 Å². The maximum Gasteiger partial charge on any atom is 0.225 e. The molecule has 29 heavy (non-hydrogen) atoms. The Morgan fingerprint density at radius 2 is 1.69 bits per heavy atom. The number of piperidine rings is 1. The summed E-state index contributed by atoms with van der Waals surface area (Å²) in [6.07, 6.45) is 2.74. The summed E-state index contributed by atoms with van der Waals surface area (Å²) in [6.45, 7) is 1.77. The van der Waals surface area contributed by atoms with E-state index >= 15 is 0 Å². The summed E-state index contributed by atoms with van der Waals surface area (Å²) in [7, 11) is 0. The molecule has 2 aromatic carbocycles. The third-order valence-corrected chi connectivity index (χ3v) is 5.31. The van der Waals surface area contributed by atoms with Crippen LogP contribution in [0, 0.1) is 5.92 Å². The minimum absolute atomic E-state index is 0. The van der Waals surface area contributed by atoms with E-state index in [1.54, 1.807) is 0 Å². The van der Waals surface area contributed by atoms with Crippen LogP contribution in [0.4, 0.5) is 0 Å². The number of carbonyl (C=O) groups excluding carboxylic acids is 2. The average Bonchev–Trinajstić information content (AvgIpc) is 2.74. The number of likely N-dealkylation sites (tertiary alicyclic amines) is 1. The third kappa shape index (κ3) is 6.05. The standard InChI is InChI=1S/C23H29N3O2.ClH/c24-15-7-8-16-25-23(28)20-13-14-21(27)26(17-18-9-3-1-4-10-18)22(20)19-11-5-2-6-12-19;/h1-6,9-12,20,22H,7-8,13-17,24H2,(H,25,28);1H. The molecule has 1 heterocycles. The van der Waals surface area contributed by atoms with Crippen molar-refractivity contribution in [3.8, 4) is 0 Å². The first-order valence-corrected chi connectivity index (χ1v) is 10.1. The van der Waals surface area contributed by atoms with Crippen molar-refractivity contribution in [3.63, 3.8) is 0 Å². The highest BCUT2D eigenvalue weighted by Gasteiger charge is 2.40. The lowest BCUT2D eigenvalue weighted by molar-refractivity contribution is -0.144. The Morgan fingerprint density at radius 1 is 1.03 bits per heavy atom. The number of carbonyl (C=O) groups is 2. The number of hydrogen-bond donors (Lipinski definition) is 2. The van der Waals surface area contributed by atoms with Crippen molar-refractivity contribution < 1.29 is 9.59 Å². The molecule has 6 heteroatoms. The lowest BCUT2D eigenvalue weighted by atomic mass is 9.83. The quantitative estimate of drug-likeness (QED) is 0.648. The molecular formula is C23H30ClN3O2. The van der Waals surface area contributed by atoms with Crippen LogP contribution < -0.4 is 11.1 Å². The van der Waals surface area contributed by atoms with Crippen LogP contribution in [0.1, 0.15) is 42.9 Å². The van der Waals surface area contributed by atoms with Crippen molar-refractivity contribution in [2.75, 3.05) is 13.1 Å². The molecule has 2 atom stereocenters. The molecule has 0 radical (unpaired) electrons. The summed E-state index contributed by atoms with van der Waals surface area (Å²) >= 11 is 0. The van der Waals surface area contributed by atoms with Crippen LogP contribution in [-0.2, 0) is 16.1 Å². The second kappa shape index (κ2) is 11.6. The number of nitrogens with two attached hydrogens (primary N) is 1. The zero-order valence-corrected chi connectivity index (χ0v) is 17.4. The lowest BCUT2D eigenvalue weighted by Crippen LogP contribution is -2.47. The fourth-order valence-electron chi connectivity index (χ4n) is 3.87. The smallest absolute Gasteiger partial charge is 0.225 e. The monoisotopic (exact) mass is 415 g/mol. The van der Waals surface area contributed by atoms with Crippen LogP contribution in [0.5, 0.6) is 0 Å². The Hall–Kier alpha value is -2.37. The van der Waals surface area contributed by atoms with Crippen molar-refractivity contribution in [2.24, 2.45) is 11.7 Å².